The van der Waals surface area contributed by atoms with Crippen molar-refractivity contribution in [2.24, 2.45) is 5.92 Å². The summed E-state index contributed by atoms with van der Waals surface area (Å²) < 4.78 is 17.1. The number of ether oxygens (including phenoxy) is 3. The van der Waals surface area contributed by atoms with Crippen molar-refractivity contribution >= 4 is 11.6 Å². The predicted molar refractivity (Wildman–Crippen MR) is 110 cm³/mol. The van der Waals surface area contributed by atoms with Crippen LogP contribution >= 0.6 is 0 Å². The number of rotatable bonds is 11. The zero-order valence-corrected chi connectivity index (χ0v) is 17.2. The minimum Gasteiger partial charge on any atom is -0.494 e. The lowest BCUT2D eigenvalue weighted by atomic mass is 9.98. The number of hydrogen-bond acceptors (Lipinski definition) is 5. The fourth-order valence-electron chi connectivity index (χ4n) is 3.51. The van der Waals surface area contributed by atoms with Gasteiger partial charge in [0.05, 0.1) is 19.8 Å². The summed E-state index contributed by atoms with van der Waals surface area (Å²) in [6.45, 7) is 9.99. The van der Waals surface area contributed by atoms with Gasteiger partial charge in [-0.3, -0.25) is 9.69 Å². The zero-order valence-electron chi connectivity index (χ0n) is 17.2. The van der Waals surface area contributed by atoms with Gasteiger partial charge >= 0.3 is 0 Å². The van der Waals surface area contributed by atoms with E-state index in [1.165, 1.54) is 0 Å². The number of carbonyl (C=O) groups excluding carboxylic acids is 1. The van der Waals surface area contributed by atoms with Crippen molar-refractivity contribution in [2.75, 3.05) is 51.4 Å². The Balaban J connectivity index is 1.42. The van der Waals surface area contributed by atoms with Gasteiger partial charge in [0.15, 0.2) is 0 Å². The van der Waals surface area contributed by atoms with Crippen LogP contribution in [0.3, 0.4) is 0 Å². The molecule has 28 heavy (non-hydrogen) atoms. The molecule has 3 rings (SSSR count). The van der Waals surface area contributed by atoms with E-state index in [1.54, 1.807) is 0 Å². The molecule has 0 bridgehead atoms. The lowest BCUT2D eigenvalue weighted by Gasteiger charge is -2.28. The number of benzene rings is 1. The summed E-state index contributed by atoms with van der Waals surface area (Å²) in [7, 11) is 0. The van der Waals surface area contributed by atoms with Gasteiger partial charge in [0.25, 0.3) is 5.91 Å². The number of hydrogen-bond donors (Lipinski definition) is 1. The Morgan fingerprint density at radius 1 is 1.21 bits per heavy atom. The Bertz CT molecular complexity index is 611. The van der Waals surface area contributed by atoms with E-state index in [4.69, 9.17) is 14.2 Å². The summed E-state index contributed by atoms with van der Waals surface area (Å²) in [5.74, 6) is 1.10. The molecule has 1 aliphatic carbocycles. The molecule has 1 atom stereocenters. The van der Waals surface area contributed by atoms with Crippen molar-refractivity contribution in [1.29, 1.82) is 0 Å². The second kappa shape index (κ2) is 10.2. The van der Waals surface area contributed by atoms with Crippen molar-refractivity contribution in [3.63, 3.8) is 0 Å². The van der Waals surface area contributed by atoms with Crippen LogP contribution in [0.4, 0.5) is 5.69 Å². The maximum absolute atomic E-state index is 12.8. The highest BCUT2D eigenvalue weighted by atomic mass is 16.5. The number of nitrogens with one attached hydrogen (secondary N) is 1. The van der Waals surface area contributed by atoms with Gasteiger partial charge in [-0.1, -0.05) is 6.92 Å². The molecule has 1 aromatic rings. The summed E-state index contributed by atoms with van der Waals surface area (Å²) in [5.41, 5.74) is 0.0441. The number of nitrogens with zero attached hydrogens (tertiary/aromatic N) is 1. The molecule has 2 fully saturated rings. The first kappa shape index (κ1) is 21.1. The van der Waals surface area contributed by atoms with E-state index in [0.717, 1.165) is 70.0 Å². The Labute approximate surface area is 168 Å². The maximum atomic E-state index is 12.8. The summed E-state index contributed by atoms with van der Waals surface area (Å²) >= 11 is 0. The molecule has 1 saturated carbocycles. The first-order valence-corrected chi connectivity index (χ1v) is 10.6. The topological polar surface area (TPSA) is 60.0 Å². The summed E-state index contributed by atoms with van der Waals surface area (Å²) in [4.78, 5) is 15.2. The van der Waals surface area contributed by atoms with Crippen molar-refractivity contribution in [2.45, 2.75) is 45.1 Å². The second-order valence-corrected chi connectivity index (χ2v) is 7.86. The lowest BCUT2D eigenvalue weighted by molar-refractivity contribution is -0.142. The molecule has 0 radical (unpaired) electrons. The van der Waals surface area contributed by atoms with Crippen molar-refractivity contribution < 1.29 is 19.0 Å². The van der Waals surface area contributed by atoms with Crippen LogP contribution in [0.25, 0.3) is 0 Å². The molecule has 0 spiro atoms. The molecule has 1 aliphatic heterocycles. The van der Waals surface area contributed by atoms with Crippen LogP contribution in [0, 0.1) is 5.92 Å². The van der Waals surface area contributed by atoms with Gasteiger partial charge in [0.1, 0.15) is 11.4 Å². The second-order valence-electron chi connectivity index (χ2n) is 7.86. The molecule has 6 heteroatoms. The highest BCUT2D eigenvalue weighted by molar-refractivity contribution is 5.97. The SMILES string of the molecule is CCCO[C@](C)(C(=O)Nc1ccc(OCCCN2CCOCC2)cc1)C1CC1. The van der Waals surface area contributed by atoms with Gasteiger partial charge in [-0.2, -0.15) is 0 Å². The number of anilines is 1. The Hall–Kier alpha value is -1.63. The Kier molecular flexibility index (Phi) is 7.71. The van der Waals surface area contributed by atoms with Gasteiger partial charge in [0, 0.05) is 31.9 Å². The molecule has 1 amide bonds. The third-order valence-electron chi connectivity index (χ3n) is 5.52. The smallest absolute Gasteiger partial charge is 0.256 e. The van der Waals surface area contributed by atoms with Gasteiger partial charge < -0.3 is 19.5 Å². The van der Waals surface area contributed by atoms with E-state index in [9.17, 15) is 4.79 Å². The molecule has 1 aromatic carbocycles. The largest absolute Gasteiger partial charge is 0.494 e. The van der Waals surface area contributed by atoms with Crippen LogP contribution in [0.15, 0.2) is 24.3 Å². The van der Waals surface area contributed by atoms with E-state index >= 15 is 0 Å². The van der Waals surface area contributed by atoms with E-state index in [0.29, 0.717) is 19.1 Å². The quantitative estimate of drug-likeness (QED) is 0.588. The van der Waals surface area contributed by atoms with Gasteiger partial charge in [-0.15, -0.1) is 0 Å². The first-order valence-electron chi connectivity index (χ1n) is 10.6. The number of amides is 1. The number of morpholine rings is 1. The summed E-state index contributed by atoms with van der Waals surface area (Å²) in [6, 6.07) is 7.60. The van der Waals surface area contributed by atoms with Crippen molar-refractivity contribution in [1.82, 2.24) is 4.90 Å². The molecule has 2 aliphatic rings. The monoisotopic (exact) mass is 390 g/mol. The first-order chi connectivity index (χ1) is 13.6. The van der Waals surface area contributed by atoms with Crippen molar-refractivity contribution in [3.8, 4) is 5.75 Å². The maximum Gasteiger partial charge on any atom is 0.256 e. The average Bonchev–Trinajstić information content (AvgIpc) is 3.57. The predicted octanol–water partition coefficient (Wildman–Crippen LogP) is 3.32. The lowest BCUT2D eigenvalue weighted by Crippen LogP contribution is -2.45. The van der Waals surface area contributed by atoms with Crippen LogP contribution in [-0.2, 0) is 14.3 Å². The minimum absolute atomic E-state index is 0.0531. The minimum atomic E-state index is -0.731. The van der Waals surface area contributed by atoms with E-state index in [2.05, 4.69) is 17.1 Å². The van der Waals surface area contributed by atoms with Crippen LogP contribution < -0.4 is 10.1 Å². The van der Waals surface area contributed by atoms with Gasteiger partial charge in [-0.25, -0.2) is 0 Å². The van der Waals surface area contributed by atoms with Crippen molar-refractivity contribution in [3.05, 3.63) is 24.3 Å². The molecule has 1 N–H and O–H groups in total. The Morgan fingerprint density at radius 3 is 2.57 bits per heavy atom. The highest BCUT2D eigenvalue weighted by Gasteiger charge is 2.48. The molecule has 6 nitrogen and oxygen atoms in total. The standard InChI is InChI=1S/C22H34N2O4/c1-3-14-28-22(2,18-5-6-18)21(25)23-19-7-9-20(10-8-19)27-15-4-11-24-12-16-26-17-13-24/h7-10,18H,3-6,11-17H2,1-2H3,(H,23,25)/t22-/m0/s1. The molecular formula is C22H34N2O4. The molecule has 0 unspecified atom stereocenters. The van der Waals surface area contributed by atoms with Crippen LogP contribution in [0.2, 0.25) is 0 Å². The fraction of sp³-hybridized carbons (Fsp3) is 0.682. The van der Waals surface area contributed by atoms with Crippen LogP contribution in [0.1, 0.15) is 39.5 Å². The van der Waals surface area contributed by atoms with Crippen LogP contribution in [-0.4, -0.2) is 62.5 Å². The average molecular weight is 391 g/mol. The van der Waals surface area contributed by atoms with E-state index < -0.39 is 5.60 Å². The van der Waals surface area contributed by atoms with Gasteiger partial charge in [0.2, 0.25) is 0 Å². The van der Waals surface area contributed by atoms with Gasteiger partial charge in [-0.05, 0) is 62.8 Å². The highest BCUT2D eigenvalue weighted by Crippen LogP contribution is 2.42. The molecular weight excluding hydrogens is 356 g/mol. The van der Waals surface area contributed by atoms with Crippen LogP contribution in [0.5, 0.6) is 5.75 Å². The third kappa shape index (κ3) is 5.93. The molecule has 1 heterocycles. The number of carbonyl (C=O) groups is 1. The summed E-state index contributed by atoms with van der Waals surface area (Å²) in [5, 5.41) is 3.01. The fourth-order valence-corrected chi connectivity index (χ4v) is 3.51. The zero-order chi connectivity index (χ0) is 19.8. The molecule has 156 valence electrons. The third-order valence-corrected chi connectivity index (χ3v) is 5.52. The van der Waals surface area contributed by atoms with E-state index in [-0.39, 0.29) is 5.91 Å². The normalized spacial score (nSPS) is 19.8. The Morgan fingerprint density at radius 2 is 1.93 bits per heavy atom. The molecule has 0 aromatic heterocycles. The summed E-state index contributed by atoms with van der Waals surface area (Å²) in [6.07, 6.45) is 4.02. The van der Waals surface area contributed by atoms with E-state index in [1.807, 2.05) is 31.2 Å². The molecule has 1 saturated heterocycles.